The number of fused-ring (bicyclic) bond motifs is 2. The van der Waals surface area contributed by atoms with Crippen LogP contribution in [0.5, 0.6) is 0 Å². The summed E-state index contributed by atoms with van der Waals surface area (Å²) in [6.45, 7) is 0.0115. The van der Waals surface area contributed by atoms with Gasteiger partial charge in [0.15, 0.2) is 0 Å². The molecule has 0 amide bonds. The molecule has 3 N–H and O–H groups in total. The fourth-order valence-electron chi connectivity index (χ4n) is 2.65. The van der Waals surface area contributed by atoms with E-state index >= 15 is 0 Å². The van der Waals surface area contributed by atoms with Gasteiger partial charge in [-0.1, -0.05) is 48.5 Å². The summed E-state index contributed by atoms with van der Waals surface area (Å²) in [6.07, 6.45) is 0.693. The second-order valence-electron chi connectivity index (χ2n) is 4.94. The first-order chi connectivity index (χ1) is 9.29. The third-order valence-corrected chi connectivity index (χ3v) is 3.58. The number of nitrogens with two attached hydrogens (primary N) is 1. The highest BCUT2D eigenvalue weighted by Crippen LogP contribution is 2.29. The largest absolute Gasteiger partial charge is 0.395 e. The van der Waals surface area contributed by atoms with Crippen LogP contribution in [0.25, 0.3) is 21.5 Å². The number of rotatable bonds is 3. The molecule has 0 saturated heterocycles. The molecule has 0 aliphatic heterocycles. The Labute approximate surface area is 124 Å². The summed E-state index contributed by atoms with van der Waals surface area (Å²) in [6, 6.07) is 18.7. The van der Waals surface area contributed by atoms with E-state index in [9.17, 15) is 5.11 Å². The van der Waals surface area contributed by atoms with Gasteiger partial charge in [-0.15, -0.1) is 12.4 Å². The van der Waals surface area contributed by atoms with Crippen LogP contribution in [0.4, 0.5) is 0 Å². The Bertz CT molecular complexity index is 672. The van der Waals surface area contributed by atoms with E-state index in [1.165, 1.54) is 27.1 Å². The van der Waals surface area contributed by atoms with Crippen molar-refractivity contribution in [1.29, 1.82) is 0 Å². The lowest BCUT2D eigenvalue weighted by Crippen LogP contribution is -2.27. The zero-order chi connectivity index (χ0) is 13.2. The lowest BCUT2D eigenvalue weighted by molar-refractivity contribution is 0.265. The van der Waals surface area contributed by atoms with Crippen molar-refractivity contribution in [2.45, 2.75) is 12.5 Å². The number of hydrogen-bond donors (Lipinski definition) is 2. The summed E-state index contributed by atoms with van der Waals surface area (Å²) in [4.78, 5) is 0. The highest BCUT2D eigenvalue weighted by Gasteiger charge is 2.10. The smallest absolute Gasteiger partial charge is 0.0585 e. The quantitative estimate of drug-likeness (QED) is 0.726. The van der Waals surface area contributed by atoms with Crippen molar-refractivity contribution in [3.05, 3.63) is 60.2 Å². The first-order valence-corrected chi connectivity index (χ1v) is 6.55. The van der Waals surface area contributed by atoms with E-state index in [1.807, 2.05) is 24.3 Å². The molecule has 0 saturated carbocycles. The summed E-state index contributed by atoms with van der Waals surface area (Å²) in [5, 5.41) is 14.1. The van der Waals surface area contributed by atoms with Gasteiger partial charge in [0.1, 0.15) is 0 Å². The highest BCUT2D eigenvalue weighted by molar-refractivity contribution is 6.02. The molecule has 2 nitrogen and oxygen atoms in total. The first-order valence-electron chi connectivity index (χ1n) is 6.55. The van der Waals surface area contributed by atoms with Gasteiger partial charge in [0.2, 0.25) is 0 Å². The predicted molar refractivity (Wildman–Crippen MR) is 87.5 cm³/mol. The Morgan fingerprint density at radius 2 is 1.40 bits per heavy atom. The summed E-state index contributed by atoms with van der Waals surface area (Å²) in [7, 11) is 0. The van der Waals surface area contributed by atoms with Crippen molar-refractivity contribution in [1.82, 2.24) is 0 Å². The molecule has 3 aromatic carbocycles. The second kappa shape index (κ2) is 6.23. The van der Waals surface area contributed by atoms with E-state index in [1.54, 1.807) is 0 Å². The van der Waals surface area contributed by atoms with Crippen molar-refractivity contribution in [3.63, 3.8) is 0 Å². The van der Waals surface area contributed by atoms with E-state index < -0.39 is 0 Å². The SMILES string of the molecule is Cl.NC(CO)Cc1c2ccccc2cc2ccccc12. The fraction of sp³-hybridized carbons (Fsp3) is 0.176. The van der Waals surface area contributed by atoms with E-state index in [-0.39, 0.29) is 25.1 Å². The maximum Gasteiger partial charge on any atom is 0.0585 e. The lowest BCUT2D eigenvalue weighted by Gasteiger charge is -2.14. The van der Waals surface area contributed by atoms with Crippen LogP contribution in [-0.2, 0) is 6.42 Å². The van der Waals surface area contributed by atoms with Gasteiger partial charge in [-0.3, -0.25) is 0 Å². The van der Waals surface area contributed by atoms with Gasteiger partial charge < -0.3 is 10.8 Å². The zero-order valence-corrected chi connectivity index (χ0v) is 11.9. The highest BCUT2D eigenvalue weighted by atomic mass is 35.5. The molecular weight excluding hydrogens is 270 g/mol. The van der Waals surface area contributed by atoms with Gasteiger partial charge in [0.05, 0.1) is 6.61 Å². The molecule has 104 valence electrons. The molecule has 0 bridgehead atoms. The van der Waals surface area contributed by atoms with Gasteiger partial charge in [-0.2, -0.15) is 0 Å². The first kappa shape index (κ1) is 14.8. The number of aliphatic hydroxyl groups is 1. The van der Waals surface area contributed by atoms with Gasteiger partial charge in [0, 0.05) is 6.04 Å². The van der Waals surface area contributed by atoms with Crippen molar-refractivity contribution in [3.8, 4) is 0 Å². The third-order valence-electron chi connectivity index (χ3n) is 3.58. The minimum absolute atomic E-state index is 0. The second-order valence-corrected chi connectivity index (χ2v) is 4.94. The molecule has 1 unspecified atom stereocenters. The standard InChI is InChI=1S/C17H17NO.ClH/c18-14(11-19)10-17-15-7-3-1-5-12(15)9-13-6-2-4-8-16(13)17;/h1-9,14,19H,10-11,18H2;1H. The van der Waals surface area contributed by atoms with Crippen LogP contribution in [0.15, 0.2) is 54.6 Å². The summed E-state index contributed by atoms with van der Waals surface area (Å²) in [5.41, 5.74) is 7.17. The number of aliphatic hydroxyl groups excluding tert-OH is 1. The summed E-state index contributed by atoms with van der Waals surface area (Å²) in [5.74, 6) is 0. The number of hydrogen-bond acceptors (Lipinski definition) is 2. The van der Waals surface area contributed by atoms with E-state index in [4.69, 9.17) is 5.73 Å². The zero-order valence-electron chi connectivity index (χ0n) is 11.1. The average molecular weight is 288 g/mol. The van der Waals surface area contributed by atoms with Crippen LogP contribution in [0.2, 0.25) is 0 Å². The fourth-order valence-corrected chi connectivity index (χ4v) is 2.65. The summed E-state index contributed by atoms with van der Waals surface area (Å²) >= 11 is 0. The maximum absolute atomic E-state index is 9.22. The normalized spacial score (nSPS) is 12.3. The molecule has 20 heavy (non-hydrogen) atoms. The van der Waals surface area contributed by atoms with Crippen LogP contribution < -0.4 is 5.73 Å². The lowest BCUT2D eigenvalue weighted by atomic mass is 9.93. The Hall–Kier alpha value is -1.61. The van der Waals surface area contributed by atoms with Gasteiger partial charge in [-0.25, -0.2) is 0 Å². The van der Waals surface area contributed by atoms with Crippen LogP contribution in [0.3, 0.4) is 0 Å². The molecule has 0 radical (unpaired) electrons. The Morgan fingerprint density at radius 3 is 1.90 bits per heavy atom. The molecular formula is C17H18ClNO. The molecule has 0 heterocycles. The molecule has 0 aliphatic carbocycles. The molecule has 0 aromatic heterocycles. The Balaban J connectivity index is 0.00000147. The third kappa shape index (κ3) is 2.63. The van der Waals surface area contributed by atoms with Gasteiger partial charge in [0.25, 0.3) is 0 Å². The molecule has 1 atom stereocenters. The average Bonchev–Trinajstić information content (AvgIpc) is 2.46. The van der Waals surface area contributed by atoms with Crippen LogP contribution in [0, 0.1) is 0 Å². The topological polar surface area (TPSA) is 46.2 Å². The monoisotopic (exact) mass is 287 g/mol. The van der Waals surface area contributed by atoms with Crippen molar-refractivity contribution >= 4 is 34.0 Å². The van der Waals surface area contributed by atoms with Gasteiger partial charge in [-0.05, 0) is 39.6 Å². The maximum atomic E-state index is 9.22. The number of halogens is 1. The minimum atomic E-state index is -0.214. The van der Waals surface area contributed by atoms with E-state index in [0.717, 1.165) is 0 Å². The van der Waals surface area contributed by atoms with Crippen LogP contribution in [0.1, 0.15) is 5.56 Å². The van der Waals surface area contributed by atoms with Crippen molar-refractivity contribution < 1.29 is 5.11 Å². The predicted octanol–water partition coefficient (Wildman–Crippen LogP) is 3.28. The Kier molecular flexibility index (Phi) is 4.61. The molecule has 3 aromatic rings. The van der Waals surface area contributed by atoms with Crippen molar-refractivity contribution in [2.75, 3.05) is 6.61 Å². The molecule has 0 spiro atoms. The minimum Gasteiger partial charge on any atom is -0.395 e. The molecule has 3 rings (SSSR count). The Morgan fingerprint density at radius 1 is 0.900 bits per heavy atom. The van der Waals surface area contributed by atoms with E-state index in [2.05, 4.69) is 30.3 Å². The molecule has 0 aliphatic rings. The van der Waals surface area contributed by atoms with E-state index in [0.29, 0.717) is 6.42 Å². The summed E-state index contributed by atoms with van der Waals surface area (Å²) < 4.78 is 0. The molecule has 0 fully saturated rings. The van der Waals surface area contributed by atoms with Crippen molar-refractivity contribution in [2.24, 2.45) is 5.73 Å². The molecule has 3 heteroatoms. The van der Waals surface area contributed by atoms with Crippen LogP contribution >= 0.6 is 12.4 Å². The number of benzene rings is 3. The van der Waals surface area contributed by atoms with Gasteiger partial charge >= 0.3 is 0 Å². The van der Waals surface area contributed by atoms with Crippen LogP contribution in [-0.4, -0.2) is 17.8 Å².